The Bertz CT molecular complexity index is 3880. The van der Waals surface area contributed by atoms with E-state index in [2.05, 4.69) is 156 Å². The molecule has 2 radical (unpaired) electrons. The van der Waals surface area contributed by atoms with Crippen LogP contribution in [0.15, 0.2) is 244 Å². The molecule has 10 aromatic rings. The van der Waals surface area contributed by atoms with Crippen LogP contribution in [-0.4, -0.2) is 42.1 Å². The fraction of sp³-hybridized carbons (Fsp3) is 0.235. The molecule has 0 amide bonds. The Morgan fingerprint density at radius 1 is 0.474 bits per heavy atom. The molecule has 0 aliphatic rings. The van der Waals surface area contributed by atoms with Gasteiger partial charge in [-0.1, -0.05) is 201 Å². The van der Waals surface area contributed by atoms with E-state index in [4.69, 9.17) is 0 Å². The number of aromatic nitrogens is 4. The van der Waals surface area contributed by atoms with Gasteiger partial charge in [0, 0.05) is 99.4 Å². The van der Waals surface area contributed by atoms with Gasteiger partial charge in [-0.15, -0.1) is 30.8 Å². The van der Waals surface area contributed by atoms with Crippen molar-refractivity contribution in [1.82, 2.24) is 19.9 Å². The molecule has 95 heavy (non-hydrogen) atoms. The van der Waals surface area contributed by atoms with E-state index in [1.807, 2.05) is 36.4 Å². The molecule has 0 aliphatic carbocycles. The van der Waals surface area contributed by atoms with E-state index in [-0.39, 0.29) is 62.7 Å². The second-order valence-corrected chi connectivity index (χ2v) is 23.1. The third kappa shape index (κ3) is 23.1. The average molecular weight is 1630 g/mol. The number of halogens is 4. The normalized spacial score (nSPS) is 12.4. The monoisotopic (exact) mass is 1630 g/mol. The summed E-state index contributed by atoms with van der Waals surface area (Å²) in [5.74, 6) is -2.34. The predicted octanol–water partition coefficient (Wildman–Crippen LogP) is 21.4. The van der Waals surface area contributed by atoms with Crippen LogP contribution in [0.4, 0.5) is 17.6 Å². The molecule has 0 aliphatic heterocycles. The molecule has 4 aromatic heterocycles. The number of carboxylic acids is 2. The summed E-state index contributed by atoms with van der Waals surface area (Å²) in [6.07, 6.45) is 26.4. The Morgan fingerprint density at radius 2 is 0.895 bits per heavy atom. The SMILES string of the molecule is C=CC(CCC/C=C/CCC(CCC(CC)c1ccc(-c2cccnc2C(=O)O)cc1)c1ccccc1)CCC(CCC(C)c1ccc(-c2cccnc2C(=O)O)cc1)c1ccccc1.Fc1c[c-]c(-c2ccccn2)c(F)c1.Fc1c[c-]c(-c2ccccn2)c(F)c1.[Ir].[Ir]. The van der Waals surface area contributed by atoms with Gasteiger partial charge in [-0.2, -0.15) is 0 Å². The van der Waals surface area contributed by atoms with Gasteiger partial charge in [0.15, 0.2) is 11.4 Å². The van der Waals surface area contributed by atoms with Gasteiger partial charge < -0.3 is 20.2 Å². The second kappa shape index (κ2) is 39.9. The summed E-state index contributed by atoms with van der Waals surface area (Å²) in [6, 6.07) is 64.9. The number of allylic oxidation sites excluding steroid dienone is 3. The number of rotatable bonds is 28. The van der Waals surface area contributed by atoms with Crippen LogP contribution < -0.4 is 0 Å². The van der Waals surface area contributed by atoms with Gasteiger partial charge in [0.05, 0.1) is 0 Å². The minimum atomic E-state index is -1.02. The van der Waals surface area contributed by atoms with Gasteiger partial charge in [0.1, 0.15) is 0 Å². The van der Waals surface area contributed by atoms with E-state index in [0.717, 1.165) is 112 Å². The van der Waals surface area contributed by atoms with E-state index < -0.39 is 35.2 Å². The van der Waals surface area contributed by atoms with Crippen molar-refractivity contribution >= 4 is 11.9 Å². The van der Waals surface area contributed by atoms with Crippen LogP contribution >= 0.6 is 0 Å². The van der Waals surface area contributed by atoms with Crippen LogP contribution in [0, 0.1) is 41.3 Å². The van der Waals surface area contributed by atoms with Crippen LogP contribution in [0.3, 0.4) is 0 Å². The summed E-state index contributed by atoms with van der Waals surface area (Å²) >= 11 is 0. The molecule has 5 atom stereocenters. The Hall–Kier alpha value is -8.64. The standard InChI is InChI=1S/C59H66N2O4.2C11H6F2N.2Ir/c1-4-44(28-30-51(48-22-15-10-16-23-48)29-27-43(3)46-32-37-52(38-33-46)54-25-17-41-60-56(54)58(62)63)19-11-7-6-8-12-24-49(47-20-13-9-14-21-47)34-31-45(5-2)50-35-39-53(40-36-50)55-26-18-42-61-57(55)59(64)65;2*12-8-4-5-9(10(13)7-8)11-3-1-2-6-14-11;;/h4,6,8-10,13-18,20-23,25-26,32-33,35-45,49,51H,1,5,7,11-12,19,24,27-31,34H2,2-3H3,(H,62,63)(H,64,65);2*1-4,6-7H;;/q;2*-1;;/b8-6+;;;;. The van der Waals surface area contributed by atoms with Crippen molar-refractivity contribution < 1.29 is 77.6 Å². The van der Waals surface area contributed by atoms with Crippen molar-refractivity contribution in [3.8, 4) is 44.8 Å². The molecule has 0 bridgehead atoms. The Balaban J connectivity index is 0.000000386. The van der Waals surface area contributed by atoms with Gasteiger partial charge in [-0.05, 0) is 176 Å². The van der Waals surface area contributed by atoms with Crippen LogP contribution in [0.1, 0.15) is 158 Å². The van der Waals surface area contributed by atoms with Crippen LogP contribution in [0.2, 0.25) is 0 Å². The van der Waals surface area contributed by atoms with Crippen LogP contribution in [0.5, 0.6) is 0 Å². The van der Waals surface area contributed by atoms with Crippen LogP contribution in [0.25, 0.3) is 44.8 Å². The molecule has 0 fully saturated rings. The maximum absolute atomic E-state index is 13.2. The number of carboxylic acid groups (broad SMARTS) is 2. The van der Waals surface area contributed by atoms with E-state index in [1.165, 1.54) is 34.6 Å². The van der Waals surface area contributed by atoms with Gasteiger partial charge >= 0.3 is 11.9 Å². The number of hydrogen-bond acceptors (Lipinski definition) is 6. The minimum absolute atomic E-state index is 0. The molecule has 6 aromatic carbocycles. The van der Waals surface area contributed by atoms with Crippen molar-refractivity contribution in [2.45, 2.75) is 115 Å². The maximum Gasteiger partial charge on any atom is 0.355 e. The first-order chi connectivity index (χ1) is 45.3. The summed E-state index contributed by atoms with van der Waals surface area (Å²) in [4.78, 5) is 39.6. The molecular formula is C81H78F4Ir2N4O4-2. The zero-order valence-electron chi connectivity index (χ0n) is 53.3. The van der Waals surface area contributed by atoms with Crippen molar-refractivity contribution in [3.63, 3.8) is 0 Å². The van der Waals surface area contributed by atoms with Gasteiger partial charge in [-0.3, -0.25) is 17.6 Å². The summed E-state index contributed by atoms with van der Waals surface area (Å²) in [6.45, 7) is 8.81. The van der Waals surface area contributed by atoms with Gasteiger partial charge in [-0.25, -0.2) is 19.6 Å². The zero-order valence-corrected chi connectivity index (χ0v) is 58.1. The summed E-state index contributed by atoms with van der Waals surface area (Å²) in [5, 5.41) is 19.3. The average Bonchev–Trinajstić information content (AvgIpc) is 0.886. The summed E-state index contributed by atoms with van der Waals surface area (Å²) in [5.41, 5.74) is 9.84. The van der Waals surface area contributed by atoms with Crippen molar-refractivity contribution in [2.75, 3.05) is 0 Å². The van der Waals surface area contributed by atoms with E-state index >= 15 is 0 Å². The fourth-order valence-corrected chi connectivity index (χ4v) is 11.7. The Morgan fingerprint density at radius 3 is 1.35 bits per heavy atom. The third-order valence-corrected chi connectivity index (χ3v) is 16.9. The number of unbranched alkanes of at least 4 members (excludes halogenated alkanes) is 1. The molecular weight excluding hydrogens is 1550 g/mol. The molecule has 10 rings (SSSR count). The number of pyridine rings is 4. The third-order valence-electron chi connectivity index (χ3n) is 16.9. The van der Waals surface area contributed by atoms with E-state index in [9.17, 15) is 37.4 Å². The smallest absolute Gasteiger partial charge is 0.355 e. The van der Waals surface area contributed by atoms with E-state index in [1.54, 1.807) is 60.9 Å². The minimum Gasteiger partial charge on any atom is -0.476 e. The molecule has 494 valence electrons. The fourth-order valence-electron chi connectivity index (χ4n) is 11.7. The largest absolute Gasteiger partial charge is 0.476 e. The van der Waals surface area contributed by atoms with Crippen molar-refractivity contribution in [3.05, 3.63) is 313 Å². The molecule has 0 spiro atoms. The number of nitrogens with zero attached hydrogens (tertiary/aromatic N) is 4. The predicted molar refractivity (Wildman–Crippen MR) is 364 cm³/mol. The Labute approximate surface area is 583 Å². The molecule has 2 N–H and O–H groups in total. The Kier molecular flexibility index (Phi) is 31.7. The number of benzene rings is 6. The molecule has 0 saturated heterocycles. The number of aromatic carboxylic acids is 2. The first kappa shape index (κ1) is 75.4. The first-order valence-electron chi connectivity index (χ1n) is 31.8. The van der Waals surface area contributed by atoms with Gasteiger partial charge in [0.2, 0.25) is 0 Å². The van der Waals surface area contributed by atoms with Crippen molar-refractivity contribution in [1.29, 1.82) is 0 Å². The second-order valence-electron chi connectivity index (χ2n) is 23.1. The van der Waals surface area contributed by atoms with E-state index in [0.29, 0.717) is 52.1 Å². The number of carbonyl (C=O) groups is 2. The number of hydrogen-bond donors (Lipinski definition) is 2. The van der Waals surface area contributed by atoms with Gasteiger partial charge in [0.25, 0.3) is 0 Å². The first-order valence-corrected chi connectivity index (χ1v) is 31.8. The summed E-state index contributed by atoms with van der Waals surface area (Å²) < 4.78 is 51.6. The maximum atomic E-state index is 13.2. The topological polar surface area (TPSA) is 126 Å². The summed E-state index contributed by atoms with van der Waals surface area (Å²) in [7, 11) is 0. The zero-order chi connectivity index (χ0) is 65.7. The van der Waals surface area contributed by atoms with Crippen LogP contribution in [-0.2, 0) is 40.2 Å². The molecule has 14 heteroatoms. The molecule has 5 unspecified atom stereocenters. The molecule has 8 nitrogen and oxygen atoms in total. The molecule has 0 saturated carbocycles. The van der Waals surface area contributed by atoms with Crippen molar-refractivity contribution in [2.24, 2.45) is 5.92 Å². The quantitative estimate of drug-likeness (QED) is 0.0215. The molecule has 4 heterocycles.